The Morgan fingerprint density at radius 3 is 2.21 bits per heavy atom. The number of carbonyl (C=O) groups excluding carboxylic acids is 1. The van der Waals surface area contributed by atoms with Crippen molar-refractivity contribution in [1.29, 1.82) is 0 Å². The van der Waals surface area contributed by atoms with Gasteiger partial charge in [0.25, 0.3) is 0 Å². The number of allylic oxidation sites excluding steroid dienone is 1. The van der Waals surface area contributed by atoms with Crippen molar-refractivity contribution < 1.29 is 4.79 Å². The standard InChI is InChI=1S/C22H25NO/c24-21(15-14-19-10-4-1-5-11-19)18-22(20-12-6-2-7-13-20)23-16-8-3-9-17-23/h1-2,4-7,10-15,22H,3,8-9,16-18H2/b15-14-/t22-/m0/s1. The van der Waals surface area contributed by atoms with E-state index < -0.39 is 0 Å². The molecule has 0 unspecified atom stereocenters. The van der Waals surface area contributed by atoms with Gasteiger partial charge in [-0.25, -0.2) is 0 Å². The van der Waals surface area contributed by atoms with Crippen molar-refractivity contribution in [2.75, 3.05) is 13.1 Å². The summed E-state index contributed by atoms with van der Waals surface area (Å²) in [6.45, 7) is 2.19. The fourth-order valence-electron chi connectivity index (χ4n) is 3.37. The van der Waals surface area contributed by atoms with Crippen molar-refractivity contribution in [2.24, 2.45) is 0 Å². The second kappa shape index (κ2) is 8.60. The molecule has 0 bridgehead atoms. The van der Waals surface area contributed by atoms with Gasteiger partial charge in [0.1, 0.15) is 0 Å². The smallest absolute Gasteiger partial charge is 0.157 e. The van der Waals surface area contributed by atoms with E-state index in [1.165, 1.54) is 24.8 Å². The summed E-state index contributed by atoms with van der Waals surface area (Å²) in [5.41, 5.74) is 2.32. The normalized spacial score (nSPS) is 17.0. The van der Waals surface area contributed by atoms with Crippen molar-refractivity contribution in [2.45, 2.75) is 31.7 Å². The van der Waals surface area contributed by atoms with E-state index in [0.29, 0.717) is 6.42 Å². The van der Waals surface area contributed by atoms with E-state index in [4.69, 9.17) is 0 Å². The van der Waals surface area contributed by atoms with Gasteiger partial charge in [0.15, 0.2) is 5.78 Å². The second-order valence-electron chi connectivity index (χ2n) is 6.44. The van der Waals surface area contributed by atoms with Gasteiger partial charge in [0, 0.05) is 12.5 Å². The predicted molar refractivity (Wildman–Crippen MR) is 99.7 cm³/mol. The van der Waals surface area contributed by atoms with Crippen molar-refractivity contribution in [3.8, 4) is 0 Å². The Bertz CT molecular complexity index is 657. The summed E-state index contributed by atoms with van der Waals surface area (Å²) in [5.74, 6) is 0.193. The third kappa shape index (κ3) is 4.65. The first kappa shape index (κ1) is 16.7. The van der Waals surface area contributed by atoms with Gasteiger partial charge in [0.2, 0.25) is 0 Å². The summed E-state index contributed by atoms with van der Waals surface area (Å²) in [5, 5.41) is 0. The SMILES string of the molecule is O=C(/C=C\c1ccccc1)C[C@@H](c1ccccc1)N1CCCCC1. The first-order valence-corrected chi connectivity index (χ1v) is 8.88. The third-order valence-electron chi connectivity index (χ3n) is 4.67. The molecule has 0 radical (unpaired) electrons. The van der Waals surface area contributed by atoms with Gasteiger partial charge in [-0.2, -0.15) is 0 Å². The number of likely N-dealkylation sites (tertiary alicyclic amines) is 1. The number of hydrogen-bond acceptors (Lipinski definition) is 2. The van der Waals surface area contributed by atoms with Crippen LogP contribution in [0.5, 0.6) is 0 Å². The zero-order valence-corrected chi connectivity index (χ0v) is 14.1. The Morgan fingerprint density at radius 2 is 1.54 bits per heavy atom. The molecule has 0 N–H and O–H groups in total. The van der Waals surface area contributed by atoms with Crippen LogP contribution in [-0.4, -0.2) is 23.8 Å². The van der Waals surface area contributed by atoms with E-state index in [9.17, 15) is 4.79 Å². The summed E-state index contributed by atoms with van der Waals surface area (Å²) >= 11 is 0. The quantitative estimate of drug-likeness (QED) is 0.707. The first-order chi connectivity index (χ1) is 11.8. The molecule has 2 nitrogen and oxygen atoms in total. The molecule has 0 amide bonds. The van der Waals surface area contributed by atoms with Gasteiger partial charge in [-0.3, -0.25) is 9.69 Å². The Kier molecular flexibility index (Phi) is 5.97. The second-order valence-corrected chi connectivity index (χ2v) is 6.44. The summed E-state index contributed by atoms with van der Waals surface area (Å²) < 4.78 is 0. The average Bonchev–Trinajstić information content (AvgIpc) is 2.67. The third-order valence-corrected chi connectivity index (χ3v) is 4.67. The maximum absolute atomic E-state index is 12.5. The van der Waals surface area contributed by atoms with Crippen LogP contribution in [0.1, 0.15) is 42.9 Å². The zero-order valence-electron chi connectivity index (χ0n) is 14.1. The van der Waals surface area contributed by atoms with Crippen LogP contribution < -0.4 is 0 Å². The van der Waals surface area contributed by atoms with Gasteiger partial charge in [-0.05, 0) is 43.1 Å². The molecule has 1 atom stereocenters. The number of rotatable bonds is 6. The van der Waals surface area contributed by atoms with E-state index >= 15 is 0 Å². The summed E-state index contributed by atoms with van der Waals surface area (Å²) in [7, 11) is 0. The average molecular weight is 319 g/mol. The van der Waals surface area contributed by atoms with Crippen molar-refractivity contribution in [1.82, 2.24) is 4.90 Å². The van der Waals surface area contributed by atoms with E-state index in [0.717, 1.165) is 18.7 Å². The summed E-state index contributed by atoms with van der Waals surface area (Å²) in [4.78, 5) is 15.0. The molecule has 1 aliphatic rings. The van der Waals surface area contributed by atoms with Crippen LogP contribution in [0, 0.1) is 0 Å². The molecule has 2 aromatic carbocycles. The highest BCUT2D eigenvalue weighted by molar-refractivity contribution is 5.94. The topological polar surface area (TPSA) is 20.3 Å². The van der Waals surface area contributed by atoms with Gasteiger partial charge in [-0.15, -0.1) is 0 Å². The van der Waals surface area contributed by atoms with E-state index in [-0.39, 0.29) is 11.8 Å². The number of ketones is 1. The number of nitrogens with zero attached hydrogens (tertiary/aromatic N) is 1. The molecule has 2 aromatic rings. The number of hydrogen-bond donors (Lipinski definition) is 0. The number of carbonyl (C=O) groups is 1. The lowest BCUT2D eigenvalue weighted by molar-refractivity contribution is -0.115. The molecule has 3 rings (SSSR count). The molecular weight excluding hydrogens is 294 g/mol. The van der Waals surface area contributed by atoms with E-state index in [2.05, 4.69) is 29.2 Å². The molecule has 1 fully saturated rings. The number of benzene rings is 2. The van der Waals surface area contributed by atoms with Gasteiger partial charge in [0.05, 0.1) is 0 Å². The van der Waals surface area contributed by atoms with Crippen LogP contribution in [0.25, 0.3) is 6.08 Å². The lowest BCUT2D eigenvalue weighted by Crippen LogP contribution is -2.34. The molecule has 1 aliphatic heterocycles. The minimum Gasteiger partial charge on any atom is -0.296 e. The maximum atomic E-state index is 12.5. The Morgan fingerprint density at radius 1 is 0.917 bits per heavy atom. The number of piperidine rings is 1. The zero-order chi connectivity index (χ0) is 16.6. The predicted octanol–water partition coefficient (Wildman–Crippen LogP) is 4.89. The molecule has 1 saturated heterocycles. The van der Waals surface area contributed by atoms with Crippen LogP contribution in [-0.2, 0) is 4.79 Å². The Labute approximate surface area is 144 Å². The monoisotopic (exact) mass is 319 g/mol. The van der Waals surface area contributed by atoms with E-state index in [1.54, 1.807) is 6.08 Å². The largest absolute Gasteiger partial charge is 0.296 e. The summed E-state index contributed by atoms with van der Waals surface area (Å²) in [6, 6.07) is 20.7. The molecule has 24 heavy (non-hydrogen) atoms. The van der Waals surface area contributed by atoms with E-state index in [1.807, 2.05) is 42.5 Å². The lowest BCUT2D eigenvalue weighted by Gasteiger charge is -2.34. The molecule has 0 aliphatic carbocycles. The van der Waals surface area contributed by atoms with Crippen LogP contribution in [0.3, 0.4) is 0 Å². The molecular formula is C22H25NO. The van der Waals surface area contributed by atoms with Gasteiger partial charge < -0.3 is 0 Å². The highest BCUT2D eigenvalue weighted by atomic mass is 16.1. The first-order valence-electron chi connectivity index (χ1n) is 8.88. The minimum absolute atomic E-state index is 0.193. The van der Waals surface area contributed by atoms with Crippen molar-refractivity contribution >= 4 is 11.9 Å². The van der Waals surface area contributed by atoms with Gasteiger partial charge >= 0.3 is 0 Å². The fourth-order valence-corrected chi connectivity index (χ4v) is 3.37. The Hall–Kier alpha value is -2.19. The van der Waals surface area contributed by atoms with Crippen LogP contribution in [0.4, 0.5) is 0 Å². The molecule has 124 valence electrons. The molecule has 2 heteroatoms. The van der Waals surface area contributed by atoms with Crippen molar-refractivity contribution in [3.63, 3.8) is 0 Å². The van der Waals surface area contributed by atoms with Crippen LogP contribution >= 0.6 is 0 Å². The Balaban J connectivity index is 1.71. The molecule has 1 heterocycles. The molecule has 0 spiro atoms. The highest BCUT2D eigenvalue weighted by Gasteiger charge is 2.23. The molecule has 0 saturated carbocycles. The van der Waals surface area contributed by atoms with Crippen molar-refractivity contribution in [3.05, 3.63) is 77.9 Å². The summed E-state index contributed by atoms with van der Waals surface area (Å²) in [6.07, 6.45) is 7.97. The van der Waals surface area contributed by atoms with Crippen LogP contribution in [0.15, 0.2) is 66.7 Å². The molecule has 0 aromatic heterocycles. The van der Waals surface area contributed by atoms with Gasteiger partial charge in [-0.1, -0.05) is 73.2 Å². The van der Waals surface area contributed by atoms with Crippen LogP contribution in [0.2, 0.25) is 0 Å². The lowest BCUT2D eigenvalue weighted by atomic mass is 9.97. The maximum Gasteiger partial charge on any atom is 0.157 e. The minimum atomic E-state index is 0.193. The fraction of sp³-hybridized carbons (Fsp3) is 0.318. The highest BCUT2D eigenvalue weighted by Crippen LogP contribution is 2.28.